The van der Waals surface area contributed by atoms with Gasteiger partial charge in [-0.2, -0.15) is 0 Å². The predicted octanol–water partition coefficient (Wildman–Crippen LogP) is 5.46. The Balaban J connectivity index is 1.51. The average Bonchev–Trinajstić information content (AvgIpc) is 3.38. The first-order chi connectivity index (χ1) is 14.9. The van der Waals surface area contributed by atoms with E-state index in [1.54, 1.807) is 12.3 Å². The third kappa shape index (κ3) is 4.54. The van der Waals surface area contributed by atoms with Crippen molar-refractivity contribution in [2.45, 2.75) is 46.0 Å². The maximum Gasteiger partial charge on any atom is 0.257 e. The van der Waals surface area contributed by atoms with E-state index in [0.29, 0.717) is 11.3 Å². The van der Waals surface area contributed by atoms with E-state index in [4.69, 9.17) is 0 Å². The lowest BCUT2D eigenvalue weighted by Crippen LogP contribution is -2.25. The SMILES string of the molecule is Cc1cc(C(=O)Nc2ccc(F)c(NC(=O)C3CCCCC3)c2)c(C)n1-c1nccs1. The van der Waals surface area contributed by atoms with Crippen LogP contribution in [0.1, 0.15) is 53.8 Å². The van der Waals surface area contributed by atoms with Crippen molar-refractivity contribution in [3.05, 3.63) is 58.6 Å². The van der Waals surface area contributed by atoms with Gasteiger partial charge in [-0.1, -0.05) is 19.3 Å². The molecule has 2 N–H and O–H groups in total. The Hall–Kier alpha value is -3.00. The summed E-state index contributed by atoms with van der Waals surface area (Å²) in [6.07, 6.45) is 6.58. The fourth-order valence-electron chi connectivity index (χ4n) is 4.11. The van der Waals surface area contributed by atoms with Crippen LogP contribution in [-0.4, -0.2) is 21.4 Å². The highest BCUT2D eigenvalue weighted by Crippen LogP contribution is 2.27. The lowest BCUT2D eigenvalue weighted by atomic mass is 9.88. The second kappa shape index (κ2) is 9.01. The van der Waals surface area contributed by atoms with Crippen molar-refractivity contribution in [1.29, 1.82) is 0 Å². The number of benzene rings is 1. The van der Waals surface area contributed by atoms with Gasteiger partial charge in [-0.05, 0) is 51.0 Å². The molecular formula is C23H25FN4O2S. The van der Waals surface area contributed by atoms with Crippen molar-refractivity contribution in [2.75, 3.05) is 10.6 Å². The van der Waals surface area contributed by atoms with Crippen molar-refractivity contribution < 1.29 is 14.0 Å². The van der Waals surface area contributed by atoms with Gasteiger partial charge >= 0.3 is 0 Å². The number of hydrogen-bond donors (Lipinski definition) is 2. The van der Waals surface area contributed by atoms with Gasteiger partial charge in [0.2, 0.25) is 5.91 Å². The molecule has 1 fully saturated rings. The van der Waals surface area contributed by atoms with E-state index in [2.05, 4.69) is 15.6 Å². The van der Waals surface area contributed by atoms with Crippen LogP contribution < -0.4 is 10.6 Å². The molecule has 2 aromatic heterocycles. The van der Waals surface area contributed by atoms with Gasteiger partial charge < -0.3 is 10.6 Å². The van der Waals surface area contributed by atoms with Crippen molar-refractivity contribution in [3.63, 3.8) is 0 Å². The summed E-state index contributed by atoms with van der Waals surface area (Å²) in [5.41, 5.74) is 2.70. The van der Waals surface area contributed by atoms with Crippen LogP contribution in [0.3, 0.4) is 0 Å². The van der Waals surface area contributed by atoms with Crippen molar-refractivity contribution in [1.82, 2.24) is 9.55 Å². The first-order valence-electron chi connectivity index (χ1n) is 10.4. The summed E-state index contributed by atoms with van der Waals surface area (Å²) < 4.78 is 16.2. The summed E-state index contributed by atoms with van der Waals surface area (Å²) in [6, 6.07) is 6.02. The number of nitrogens with zero attached hydrogens (tertiary/aromatic N) is 2. The maximum absolute atomic E-state index is 14.3. The number of halogens is 1. The minimum Gasteiger partial charge on any atom is -0.323 e. The Bertz CT molecular complexity index is 1100. The second-order valence-electron chi connectivity index (χ2n) is 7.91. The van der Waals surface area contributed by atoms with Crippen LogP contribution in [0.15, 0.2) is 35.8 Å². The number of aryl methyl sites for hydroxylation is 1. The number of thiazole rings is 1. The third-order valence-corrected chi connectivity index (χ3v) is 6.50. The number of hydrogen-bond acceptors (Lipinski definition) is 4. The molecule has 162 valence electrons. The summed E-state index contributed by atoms with van der Waals surface area (Å²) in [6.45, 7) is 3.78. The van der Waals surface area contributed by atoms with E-state index in [0.717, 1.165) is 48.6 Å². The van der Waals surface area contributed by atoms with Gasteiger partial charge in [-0.15, -0.1) is 11.3 Å². The summed E-state index contributed by atoms with van der Waals surface area (Å²) in [4.78, 5) is 29.7. The number of anilines is 2. The smallest absolute Gasteiger partial charge is 0.257 e. The topological polar surface area (TPSA) is 76.0 Å². The fraction of sp³-hybridized carbons (Fsp3) is 0.348. The lowest BCUT2D eigenvalue weighted by Gasteiger charge is -2.21. The van der Waals surface area contributed by atoms with Gasteiger partial charge in [0.1, 0.15) is 5.82 Å². The molecule has 1 aliphatic carbocycles. The maximum atomic E-state index is 14.3. The Morgan fingerprint density at radius 2 is 1.90 bits per heavy atom. The molecule has 1 aliphatic rings. The number of aromatic nitrogens is 2. The zero-order valence-electron chi connectivity index (χ0n) is 17.6. The first-order valence-corrected chi connectivity index (χ1v) is 11.3. The Labute approximate surface area is 184 Å². The highest BCUT2D eigenvalue weighted by atomic mass is 32.1. The van der Waals surface area contributed by atoms with Crippen molar-refractivity contribution in [2.24, 2.45) is 5.92 Å². The van der Waals surface area contributed by atoms with Crippen molar-refractivity contribution in [3.8, 4) is 5.13 Å². The summed E-state index contributed by atoms with van der Waals surface area (Å²) in [7, 11) is 0. The van der Waals surface area contributed by atoms with Gasteiger partial charge in [0.15, 0.2) is 5.13 Å². The summed E-state index contributed by atoms with van der Waals surface area (Å²) in [5.74, 6) is -1.06. The summed E-state index contributed by atoms with van der Waals surface area (Å²) >= 11 is 1.49. The minimum absolute atomic E-state index is 0.0809. The third-order valence-electron chi connectivity index (χ3n) is 5.74. The molecule has 0 spiro atoms. The minimum atomic E-state index is -0.524. The quantitative estimate of drug-likeness (QED) is 0.553. The summed E-state index contributed by atoms with van der Waals surface area (Å²) in [5, 5.41) is 8.20. The largest absolute Gasteiger partial charge is 0.323 e. The van der Waals surface area contributed by atoms with E-state index in [9.17, 15) is 14.0 Å². The van der Waals surface area contributed by atoms with Crippen LogP contribution in [0.5, 0.6) is 0 Å². The van der Waals surface area contributed by atoms with E-state index in [-0.39, 0.29) is 23.4 Å². The van der Waals surface area contributed by atoms with Crippen LogP contribution in [0.4, 0.5) is 15.8 Å². The highest BCUT2D eigenvalue weighted by Gasteiger charge is 2.22. The van der Waals surface area contributed by atoms with Crippen LogP contribution in [0, 0.1) is 25.6 Å². The van der Waals surface area contributed by atoms with Crippen molar-refractivity contribution >= 4 is 34.5 Å². The van der Waals surface area contributed by atoms with Crippen LogP contribution in [0.25, 0.3) is 5.13 Å². The molecule has 2 amide bonds. The van der Waals surface area contributed by atoms with Gasteiger partial charge in [-0.3, -0.25) is 14.2 Å². The van der Waals surface area contributed by atoms with E-state index >= 15 is 0 Å². The number of carbonyl (C=O) groups excluding carboxylic acids is 2. The number of rotatable bonds is 5. The molecule has 1 saturated carbocycles. The molecule has 0 bridgehead atoms. The molecular weight excluding hydrogens is 415 g/mol. The molecule has 0 saturated heterocycles. The molecule has 1 aromatic carbocycles. The highest BCUT2D eigenvalue weighted by molar-refractivity contribution is 7.12. The van der Waals surface area contributed by atoms with Crippen LogP contribution in [-0.2, 0) is 4.79 Å². The normalized spacial score (nSPS) is 14.4. The Morgan fingerprint density at radius 3 is 2.61 bits per heavy atom. The molecule has 0 atom stereocenters. The Kier molecular flexibility index (Phi) is 6.18. The van der Waals surface area contributed by atoms with Gasteiger partial charge in [0.25, 0.3) is 5.91 Å². The first kappa shape index (κ1) is 21.2. The number of amides is 2. The standard InChI is InChI=1S/C23H25FN4O2S/c1-14-12-18(15(2)28(14)23-25-10-11-31-23)22(30)26-17-8-9-19(24)20(13-17)27-21(29)16-6-4-3-5-7-16/h8-13,16H,3-7H2,1-2H3,(H,26,30)(H,27,29). The molecule has 6 nitrogen and oxygen atoms in total. The van der Waals surface area contributed by atoms with Gasteiger partial charge in [0, 0.05) is 34.6 Å². The molecule has 4 rings (SSSR count). The van der Waals surface area contributed by atoms with Gasteiger partial charge in [-0.25, -0.2) is 9.37 Å². The van der Waals surface area contributed by atoms with E-state index in [1.807, 2.05) is 23.8 Å². The number of nitrogens with one attached hydrogen (secondary N) is 2. The fourth-order valence-corrected chi connectivity index (χ4v) is 4.86. The predicted molar refractivity (Wildman–Crippen MR) is 120 cm³/mol. The zero-order chi connectivity index (χ0) is 22.0. The molecule has 0 aliphatic heterocycles. The average molecular weight is 441 g/mol. The van der Waals surface area contributed by atoms with E-state index in [1.165, 1.54) is 29.5 Å². The lowest BCUT2D eigenvalue weighted by molar-refractivity contribution is -0.120. The number of carbonyl (C=O) groups is 2. The Morgan fingerprint density at radius 1 is 1.13 bits per heavy atom. The van der Waals surface area contributed by atoms with Crippen LogP contribution >= 0.6 is 11.3 Å². The molecule has 0 unspecified atom stereocenters. The molecule has 3 aromatic rings. The monoisotopic (exact) mass is 440 g/mol. The molecule has 0 radical (unpaired) electrons. The van der Waals surface area contributed by atoms with E-state index < -0.39 is 5.82 Å². The second-order valence-corrected chi connectivity index (χ2v) is 8.78. The van der Waals surface area contributed by atoms with Gasteiger partial charge in [0.05, 0.1) is 11.3 Å². The molecule has 8 heteroatoms. The molecule has 31 heavy (non-hydrogen) atoms. The zero-order valence-corrected chi connectivity index (χ0v) is 18.4. The van der Waals surface area contributed by atoms with Crippen LogP contribution in [0.2, 0.25) is 0 Å². The molecule has 2 heterocycles.